The molecule has 2 rings (SSSR count). The average Bonchev–Trinajstić information content (AvgIpc) is 2.57. The molecular weight excluding hydrogens is 255 g/mol. The van der Waals surface area contributed by atoms with Gasteiger partial charge in [0.2, 0.25) is 10.0 Å². The van der Waals surface area contributed by atoms with E-state index in [1.165, 1.54) is 16.4 Å². The van der Waals surface area contributed by atoms with Crippen LogP contribution < -0.4 is 5.73 Å². The van der Waals surface area contributed by atoms with E-state index in [9.17, 15) is 12.8 Å². The Hall–Kier alpha value is -1.14. The molecule has 0 saturated carbocycles. The molecule has 6 heteroatoms. The molecule has 1 aliphatic rings. The highest BCUT2D eigenvalue weighted by molar-refractivity contribution is 7.89. The number of hydrogen-bond acceptors (Lipinski definition) is 3. The van der Waals surface area contributed by atoms with Gasteiger partial charge in [0.05, 0.1) is 0 Å². The van der Waals surface area contributed by atoms with E-state index in [0.717, 1.165) is 12.5 Å². The summed E-state index contributed by atoms with van der Waals surface area (Å²) in [6.45, 7) is 4.27. The summed E-state index contributed by atoms with van der Waals surface area (Å²) in [6.07, 6.45) is 0.801. The van der Waals surface area contributed by atoms with E-state index in [4.69, 9.17) is 5.73 Å². The molecule has 1 aliphatic heterocycles. The number of halogens is 1. The summed E-state index contributed by atoms with van der Waals surface area (Å²) in [5, 5.41) is 0. The molecule has 1 fully saturated rings. The standard InChI is InChI=1S/C12H17FN2O2S/c1-8-5-9(2)15(7-8)18(16,17)12-4-3-10(14)6-11(12)13/h3-4,6,8-9H,5,7,14H2,1-2H3. The minimum Gasteiger partial charge on any atom is -0.399 e. The number of anilines is 1. The van der Waals surface area contributed by atoms with Crippen molar-refractivity contribution in [1.82, 2.24) is 4.31 Å². The lowest BCUT2D eigenvalue weighted by atomic mass is 10.1. The van der Waals surface area contributed by atoms with E-state index < -0.39 is 15.8 Å². The van der Waals surface area contributed by atoms with Gasteiger partial charge in [-0.15, -0.1) is 0 Å². The van der Waals surface area contributed by atoms with Crippen LogP contribution in [0.4, 0.5) is 10.1 Å². The van der Waals surface area contributed by atoms with Crippen LogP contribution in [-0.2, 0) is 10.0 Å². The first-order chi connectivity index (χ1) is 8.32. The zero-order chi connectivity index (χ0) is 13.5. The van der Waals surface area contributed by atoms with Gasteiger partial charge in [-0.25, -0.2) is 12.8 Å². The third kappa shape index (κ3) is 2.22. The van der Waals surface area contributed by atoms with Crippen LogP contribution in [0.2, 0.25) is 0 Å². The van der Waals surface area contributed by atoms with Crippen molar-refractivity contribution in [1.29, 1.82) is 0 Å². The zero-order valence-electron chi connectivity index (χ0n) is 10.4. The molecule has 0 spiro atoms. The molecule has 0 aliphatic carbocycles. The van der Waals surface area contributed by atoms with E-state index in [1.807, 2.05) is 13.8 Å². The fourth-order valence-electron chi connectivity index (χ4n) is 2.45. The Balaban J connectivity index is 2.42. The van der Waals surface area contributed by atoms with E-state index in [0.29, 0.717) is 12.5 Å². The maximum atomic E-state index is 13.7. The second-order valence-electron chi connectivity index (χ2n) is 4.95. The van der Waals surface area contributed by atoms with Crippen molar-refractivity contribution in [2.24, 2.45) is 5.92 Å². The van der Waals surface area contributed by atoms with E-state index in [1.54, 1.807) is 0 Å². The number of nitrogens with two attached hydrogens (primary N) is 1. The Labute approximate surface area is 107 Å². The van der Waals surface area contributed by atoms with Gasteiger partial charge in [-0.2, -0.15) is 4.31 Å². The summed E-state index contributed by atoms with van der Waals surface area (Å²) >= 11 is 0. The van der Waals surface area contributed by atoms with Crippen molar-refractivity contribution in [3.63, 3.8) is 0 Å². The van der Waals surface area contributed by atoms with E-state index in [2.05, 4.69) is 0 Å². The third-order valence-corrected chi connectivity index (χ3v) is 5.28. The number of rotatable bonds is 2. The Morgan fingerprint density at radius 2 is 2.06 bits per heavy atom. The van der Waals surface area contributed by atoms with E-state index >= 15 is 0 Å². The Kier molecular flexibility index (Phi) is 3.33. The quantitative estimate of drug-likeness (QED) is 0.835. The molecule has 18 heavy (non-hydrogen) atoms. The van der Waals surface area contributed by atoms with Crippen LogP contribution in [0, 0.1) is 11.7 Å². The largest absolute Gasteiger partial charge is 0.399 e. The van der Waals surface area contributed by atoms with Crippen LogP contribution in [0.3, 0.4) is 0 Å². The van der Waals surface area contributed by atoms with Crippen LogP contribution in [0.25, 0.3) is 0 Å². The highest BCUT2D eigenvalue weighted by Gasteiger charge is 2.37. The number of hydrogen-bond donors (Lipinski definition) is 1. The fourth-order valence-corrected chi connectivity index (χ4v) is 4.26. The van der Waals surface area contributed by atoms with E-state index in [-0.39, 0.29) is 16.6 Å². The van der Waals surface area contributed by atoms with Crippen LogP contribution in [0.5, 0.6) is 0 Å². The van der Waals surface area contributed by atoms with Crippen molar-refractivity contribution in [3.05, 3.63) is 24.0 Å². The molecular formula is C12H17FN2O2S. The number of sulfonamides is 1. The fraction of sp³-hybridized carbons (Fsp3) is 0.500. The number of nitrogens with zero attached hydrogens (tertiary/aromatic N) is 1. The summed E-state index contributed by atoms with van der Waals surface area (Å²) in [6, 6.07) is 3.58. The molecule has 2 unspecified atom stereocenters. The highest BCUT2D eigenvalue weighted by atomic mass is 32.2. The van der Waals surface area contributed by atoms with Crippen LogP contribution in [-0.4, -0.2) is 25.3 Å². The van der Waals surface area contributed by atoms with Crippen LogP contribution >= 0.6 is 0 Å². The molecule has 1 aromatic rings. The predicted molar refractivity (Wildman–Crippen MR) is 67.9 cm³/mol. The van der Waals surface area contributed by atoms with Gasteiger partial charge >= 0.3 is 0 Å². The first kappa shape index (κ1) is 13.3. The number of nitrogen functional groups attached to an aromatic ring is 1. The first-order valence-electron chi connectivity index (χ1n) is 5.89. The molecule has 1 aromatic carbocycles. The van der Waals surface area contributed by atoms with Crippen molar-refractivity contribution < 1.29 is 12.8 Å². The molecule has 1 heterocycles. The smallest absolute Gasteiger partial charge is 0.246 e. The molecule has 2 N–H and O–H groups in total. The Bertz CT molecular complexity index is 559. The molecule has 0 bridgehead atoms. The molecule has 0 aromatic heterocycles. The van der Waals surface area contributed by atoms with Crippen LogP contribution in [0.15, 0.2) is 23.1 Å². The molecule has 2 atom stereocenters. The molecule has 0 radical (unpaired) electrons. The normalized spacial score (nSPS) is 25.5. The maximum Gasteiger partial charge on any atom is 0.246 e. The Morgan fingerprint density at radius 3 is 2.56 bits per heavy atom. The average molecular weight is 272 g/mol. The first-order valence-corrected chi connectivity index (χ1v) is 7.33. The van der Waals surface area contributed by atoms with Crippen molar-refractivity contribution in [2.45, 2.75) is 31.2 Å². The minimum atomic E-state index is -3.77. The topological polar surface area (TPSA) is 63.4 Å². The summed E-state index contributed by atoms with van der Waals surface area (Å²) in [4.78, 5) is -0.294. The van der Waals surface area contributed by atoms with Gasteiger partial charge in [-0.3, -0.25) is 0 Å². The summed E-state index contributed by atoms with van der Waals surface area (Å²) < 4.78 is 39.8. The molecule has 100 valence electrons. The third-order valence-electron chi connectivity index (χ3n) is 3.27. The molecule has 1 saturated heterocycles. The Morgan fingerprint density at radius 1 is 1.39 bits per heavy atom. The summed E-state index contributed by atoms with van der Waals surface area (Å²) in [7, 11) is -3.77. The SMILES string of the molecule is CC1CC(C)N(S(=O)(=O)c2ccc(N)cc2F)C1. The maximum absolute atomic E-state index is 13.7. The van der Waals surface area contributed by atoms with Crippen molar-refractivity contribution >= 4 is 15.7 Å². The number of benzene rings is 1. The molecule has 4 nitrogen and oxygen atoms in total. The lowest BCUT2D eigenvalue weighted by Gasteiger charge is -2.21. The van der Waals surface area contributed by atoms with Crippen LogP contribution in [0.1, 0.15) is 20.3 Å². The van der Waals surface area contributed by atoms with Crippen molar-refractivity contribution in [2.75, 3.05) is 12.3 Å². The monoisotopic (exact) mass is 272 g/mol. The highest BCUT2D eigenvalue weighted by Crippen LogP contribution is 2.30. The zero-order valence-corrected chi connectivity index (χ0v) is 11.2. The van der Waals surface area contributed by atoms with Gasteiger partial charge in [0.1, 0.15) is 10.7 Å². The van der Waals surface area contributed by atoms with Gasteiger partial charge in [-0.1, -0.05) is 6.92 Å². The van der Waals surface area contributed by atoms with Gasteiger partial charge in [0.15, 0.2) is 0 Å². The lowest BCUT2D eigenvalue weighted by Crippen LogP contribution is -2.34. The predicted octanol–water partition coefficient (Wildman–Crippen LogP) is 1.83. The van der Waals surface area contributed by atoms with Gasteiger partial charge in [-0.05, 0) is 37.5 Å². The second-order valence-corrected chi connectivity index (χ2v) is 6.81. The summed E-state index contributed by atoms with van der Waals surface area (Å²) in [5.41, 5.74) is 5.64. The van der Waals surface area contributed by atoms with Gasteiger partial charge in [0, 0.05) is 18.3 Å². The van der Waals surface area contributed by atoms with Gasteiger partial charge in [0.25, 0.3) is 0 Å². The minimum absolute atomic E-state index is 0.0954. The van der Waals surface area contributed by atoms with Crippen molar-refractivity contribution in [3.8, 4) is 0 Å². The lowest BCUT2D eigenvalue weighted by molar-refractivity contribution is 0.402. The second kappa shape index (κ2) is 4.51. The molecule has 0 amide bonds. The summed E-state index contributed by atoms with van der Waals surface area (Å²) in [5.74, 6) is -0.492. The van der Waals surface area contributed by atoms with Gasteiger partial charge < -0.3 is 5.73 Å².